The molecule has 0 radical (unpaired) electrons. The van der Waals surface area contributed by atoms with Gasteiger partial charge in [-0.2, -0.15) is 0 Å². The number of carbonyl (C=O) groups excluding carboxylic acids is 2. The Balaban J connectivity index is 1.11. The van der Waals surface area contributed by atoms with E-state index in [2.05, 4.69) is 30.6 Å². The van der Waals surface area contributed by atoms with Crippen LogP contribution in [0.15, 0.2) is 104 Å². The molecule has 5 N–H and O–H groups in total. The lowest BCUT2D eigenvalue weighted by atomic mass is 9.97. The molecule has 218 valence electrons. The highest BCUT2D eigenvalue weighted by Gasteiger charge is 2.17. The highest BCUT2D eigenvalue weighted by atomic mass is 19.1. The van der Waals surface area contributed by atoms with Crippen LogP contribution in [0.5, 0.6) is 0 Å². The number of halogens is 1. The molecule has 4 heterocycles. The van der Waals surface area contributed by atoms with Gasteiger partial charge in [0.25, 0.3) is 11.8 Å². The van der Waals surface area contributed by atoms with E-state index in [0.29, 0.717) is 53.2 Å². The van der Waals surface area contributed by atoms with Gasteiger partial charge >= 0.3 is 0 Å². The molecule has 6 rings (SSSR count). The van der Waals surface area contributed by atoms with Crippen LogP contribution in [0.25, 0.3) is 33.1 Å². The van der Waals surface area contributed by atoms with Crippen LogP contribution in [0.3, 0.4) is 0 Å². The Kier molecular flexibility index (Phi) is 8.04. The fourth-order valence-corrected chi connectivity index (χ4v) is 5.05. The van der Waals surface area contributed by atoms with Crippen molar-refractivity contribution in [1.29, 1.82) is 0 Å². The summed E-state index contributed by atoms with van der Waals surface area (Å²) >= 11 is 0. The van der Waals surface area contributed by atoms with Gasteiger partial charge in [-0.05, 0) is 78.2 Å². The predicted octanol–water partition coefficient (Wildman–Crippen LogP) is 5.07. The van der Waals surface area contributed by atoms with E-state index in [4.69, 9.17) is 5.73 Å². The molecule has 0 unspecified atom stereocenters. The molecule has 2 amide bonds. The molecule has 0 saturated heterocycles. The molecule has 0 atom stereocenters. The van der Waals surface area contributed by atoms with Gasteiger partial charge in [-0.15, -0.1) is 0 Å². The maximum Gasteiger partial charge on any atom is 0.272 e. The number of carbonyl (C=O) groups is 2. The van der Waals surface area contributed by atoms with Crippen LogP contribution < -0.4 is 16.4 Å². The Morgan fingerprint density at radius 2 is 1.48 bits per heavy atom. The number of nitrogens with zero attached hydrogens (tertiary/aromatic N) is 3. The second-order valence-electron chi connectivity index (χ2n) is 10.1. The van der Waals surface area contributed by atoms with Gasteiger partial charge in [0.05, 0.1) is 11.2 Å². The molecule has 0 aliphatic carbocycles. The summed E-state index contributed by atoms with van der Waals surface area (Å²) in [6.07, 6.45) is 5.40. The minimum absolute atomic E-state index is 0.208. The maximum absolute atomic E-state index is 13.6. The van der Waals surface area contributed by atoms with Crippen LogP contribution in [0.2, 0.25) is 0 Å². The van der Waals surface area contributed by atoms with Gasteiger partial charge in [0.15, 0.2) is 5.69 Å². The smallest absolute Gasteiger partial charge is 0.272 e. The molecule has 4 aromatic heterocycles. The minimum Gasteiger partial charge on any atom is -0.398 e. The average Bonchev–Trinajstić information content (AvgIpc) is 3.44. The van der Waals surface area contributed by atoms with E-state index in [1.165, 1.54) is 12.1 Å². The van der Waals surface area contributed by atoms with Gasteiger partial charge < -0.3 is 21.4 Å². The lowest BCUT2D eigenvalue weighted by Crippen LogP contribution is -2.30. The number of para-hydroxylation sites is 1. The van der Waals surface area contributed by atoms with Crippen molar-refractivity contribution in [2.24, 2.45) is 5.73 Å². The van der Waals surface area contributed by atoms with Crippen molar-refractivity contribution in [3.63, 3.8) is 0 Å². The number of rotatable bonds is 9. The number of H-pyrrole nitrogens is 1. The molecule has 0 bridgehead atoms. The number of nitrogens with one attached hydrogen (secondary N) is 3. The lowest BCUT2D eigenvalue weighted by molar-refractivity contribution is 0.0947. The average molecular weight is 586 g/mol. The van der Waals surface area contributed by atoms with Gasteiger partial charge in [-0.3, -0.25) is 14.6 Å². The SMILES string of the molecule is N/C(=C(/c1ccncc1)c1cccc(C(=O)NCCCNC(=O)c2nccc3c2[nH]c2ccccc23)n1)c1ccc(F)cc1. The highest BCUT2D eigenvalue weighted by molar-refractivity contribution is 6.13. The van der Waals surface area contributed by atoms with Crippen LogP contribution in [-0.4, -0.2) is 44.8 Å². The van der Waals surface area contributed by atoms with Crippen molar-refractivity contribution in [2.75, 3.05) is 13.1 Å². The predicted molar refractivity (Wildman–Crippen MR) is 168 cm³/mol. The number of hydrogen-bond acceptors (Lipinski definition) is 6. The number of aromatic amines is 1. The molecule has 10 heteroatoms. The first-order chi connectivity index (χ1) is 21.5. The number of hydrogen-bond donors (Lipinski definition) is 4. The van der Waals surface area contributed by atoms with Gasteiger partial charge in [0.2, 0.25) is 0 Å². The normalized spacial score (nSPS) is 11.8. The summed E-state index contributed by atoms with van der Waals surface area (Å²) in [5, 5.41) is 7.71. The second-order valence-corrected chi connectivity index (χ2v) is 10.1. The number of aromatic nitrogens is 4. The fourth-order valence-electron chi connectivity index (χ4n) is 5.05. The monoisotopic (exact) mass is 585 g/mol. The summed E-state index contributed by atoms with van der Waals surface area (Å²) in [6, 6.07) is 24.3. The third-order valence-electron chi connectivity index (χ3n) is 7.20. The third kappa shape index (κ3) is 5.86. The molecule has 9 nitrogen and oxygen atoms in total. The summed E-state index contributed by atoms with van der Waals surface area (Å²) in [5.74, 6) is -1.03. The Bertz CT molecular complexity index is 2000. The van der Waals surface area contributed by atoms with Gasteiger partial charge in [-0.25, -0.2) is 14.4 Å². The highest BCUT2D eigenvalue weighted by Crippen LogP contribution is 2.29. The van der Waals surface area contributed by atoms with Crippen LogP contribution in [0.1, 0.15) is 44.2 Å². The van der Waals surface area contributed by atoms with Crippen molar-refractivity contribution in [1.82, 2.24) is 30.6 Å². The number of nitrogens with two attached hydrogens (primary N) is 1. The van der Waals surface area contributed by atoms with Gasteiger partial charge in [0, 0.05) is 59.2 Å². The van der Waals surface area contributed by atoms with Crippen molar-refractivity contribution in [2.45, 2.75) is 6.42 Å². The van der Waals surface area contributed by atoms with Crippen LogP contribution in [0.4, 0.5) is 4.39 Å². The van der Waals surface area contributed by atoms with Crippen molar-refractivity contribution >= 4 is 44.9 Å². The first-order valence-corrected chi connectivity index (χ1v) is 14.0. The Hall–Kier alpha value is -5.90. The molecule has 0 aliphatic heterocycles. The number of fused-ring (bicyclic) bond motifs is 3. The zero-order valence-electron chi connectivity index (χ0n) is 23.5. The zero-order valence-corrected chi connectivity index (χ0v) is 23.5. The van der Waals surface area contributed by atoms with E-state index in [9.17, 15) is 14.0 Å². The van der Waals surface area contributed by atoms with E-state index >= 15 is 0 Å². The first-order valence-electron chi connectivity index (χ1n) is 14.0. The second kappa shape index (κ2) is 12.5. The summed E-state index contributed by atoms with van der Waals surface area (Å²) in [6.45, 7) is 0.661. The fraction of sp³-hybridized carbons (Fsp3) is 0.0882. The molecule has 2 aromatic carbocycles. The van der Waals surface area contributed by atoms with Crippen molar-refractivity contribution in [3.8, 4) is 0 Å². The van der Waals surface area contributed by atoms with E-state index in [1.807, 2.05) is 30.3 Å². The topological polar surface area (TPSA) is 139 Å². The van der Waals surface area contributed by atoms with E-state index in [1.54, 1.807) is 61.1 Å². The zero-order chi connectivity index (χ0) is 30.5. The molecule has 0 fully saturated rings. The lowest BCUT2D eigenvalue weighted by Gasteiger charge is -2.14. The Morgan fingerprint density at radius 3 is 2.27 bits per heavy atom. The van der Waals surface area contributed by atoms with Crippen molar-refractivity contribution < 1.29 is 14.0 Å². The molecule has 44 heavy (non-hydrogen) atoms. The van der Waals surface area contributed by atoms with Crippen LogP contribution >= 0.6 is 0 Å². The molecule has 0 aliphatic rings. The third-order valence-corrected chi connectivity index (χ3v) is 7.20. The van der Waals surface area contributed by atoms with Crippen LogP contribution in [0, 0.1) is 5.82 Å². The van der Waals surface area contributed by atoms with E-state index in [0.717, 1.165) is 21.9 Å². The molecule has 0 saturated carbocycles. The minimum atomic E-state index is -0.369. The number of amides is 2. The van der Waals surface area contributed by atoms with Gasteiger partial charge in [0.1, 0.15) is 11.5 Å². The Morgan fingerprint density at radius 1 is 0.750 bits per heavy atom. The maximum atomic E-state index is 13.6. The van der Waals surface area contributed by atoms with Crippen LogP contribution in [-0.2, 0) is 0 Å². The molecular weight excluding hydrogens is 557 g/mol. The molecular formula is C34H28FN7O2. The first kappa shape index (κ1) is 28.2. The number of benzene rings is 2. The largest absolute Gasteiger partial charge is 0.398 e. The van der Waals surface area contributed by atoms with Crippen molar-refractivity contribution in [3.05, 3.63) is 138 Å². The van der Waals surface area contributed by atoms with Gasteiger partial charge in [-0.1, -0.05) is 24.3 Å². The summed E-state index contributed by atoms with van der Waals surface area (Å²) in [4.78, 5) is 42.2. The summed E-state index contributed by atoms with van der Waals surface area (Å²) in [7, 11) is 0. The Labute approximate surface area is 252 Å². The quantitative estimate of drug-likeness (QED) is 0.175. The van der Waals surface area contributed by atoms with E-state index in [-0.39, 0.29) is 23.3 Å². The summed E-state index contributed by atoms with van der Waals surface area (Å²) in [5.41, 5.74) is 11.5. The molecule has 0 spiro atoms. The number of pyridine rings is 3. The molecule has 6 aromatic rings. The summed E-state index contributed by atoms with van der Waals surface area (Å²) < 4.78 is 13.6. The standard InChI is InChI=1S/C34H28FN7O2/c35-23-11-9-22(10-12-23)30(36)29(21-13-18-37-19-14-21)27-7-3-8-28(41-27)33(43)39-16-4-17-40-34(44)32-31-25(15-20-38-32)24-5-1-2-6-26(24)42-31/h1-3,5-15,18-20,42H,4,16-17,36H2,(H,39,43)(H,40,44)/b30-29-. The van der Waals surface area contributed by atoms with E-state index < -0.39 is 0 Å².